The van der Waals surface area contributed by atoms with Gasteiger partial charge in [-0.1, -0.05) is 0 Å². The van der Waals surface area contributed by atoms with E-state index in [-0.39, 0.29) is 16.9 Å². The van der Waals surface area contributed by atoms with Crippen molar-refractivity contribution >= 4 is 17.3 Å². The van der Waals surface area contributed by atoms with Crippen LogP contribution in [0.15, 0.2) is 18.2 Å². The normalized spacial score (nSPS) is 11.2. The van der Waals surface area contributed by atoms with Gasteiger partial charge in [-0.05, 0) is 32.0 Å². The van der Waals surface area contributed by atoms with Crippen LogP contribution in [0.5, 0.6) is 0 Å². The number of nitrogens with two attached hydrogens (primary N) is 1. The predicted molar refractivity (Wildman–Crippen MR) is 67.4 cm³/mol. The van der Waals surface area contributed by atoms with Crippen LogP contribution in [0.4, 0.5) is 11.4 Å². The number of hydrogen-bond acceptors (Lipinski definition) is 4. The number of nitrogen functional groups attached to an aromatic ring is 1. The summed E-state index contributed by atoms with van der Waals surface area (Å²) in [6.45, 7) is 4.51. The molecule has 1 aromatic carbocycles. The number of anilines is 2. The second-order valence-electron chi connectivity index (χ2n) is 4.42. The average molecular weight is 238 g/mol. The van der Waals surface area contributed by atoms with Crippen LogP contribution in [0.1, 0.15) is 24.2 Å². The summed E-state index contributed by atoms with van der Waals surface area (Å²) >= 11 is 0. The van der Waals surface area contributed by atoms with Gasteiger partial charge in [0.1, 0.15) is 0 Å². The largest absolute Gasteiger partial charge is 0.478 e. The molecule has 0 saturated heterocycles. The molecule has 0 bridgehead atoms. The molecule has 4 N–H and O–H groups in total. The molecule has 0 aliphatic heterocycles. The Balaban J connectivity index is 2.75. The summed E-state index contributed by atoms with van der Waals surface area (Å²) in [4.78, 5) is 10.8. The topological polar surface area (TPSA) is 84.6 Å². The molecule has 0 saturated carbocycles. The third-order valence-corrected chi connectivity index (χ3v) is 2.55. The van der Waals surface area contributed by atoms with Gasteiger partial charge in [-0.25, -0.2) is 4.79 Å². The number of carboxylic acid groups (broad SMARTS) is 1. The first-order valence-corrected chi connectivity index (χ1v) is 5.27. The van der Waals surface area contributed by atoms with Gasteiger partial charge in [-0.15, -0.1) is 0 Å². The van der Waals surface area contributed by atoms with Crippen LogP contribution in [0, 0.1) is 0 Å². The summed E-state index contributed by atoms with van der Waals surface area (Å²) in [7, 11) is 1.64. The van der Waals surface area contributed by atoms with E-state index in [4.69, 9.17) is 15.6 Å². The number of nitrogens with one attached hydrogen (secondary N) is 1. The highest BCUT2D eigenvalue weighted by atomic mass is 16.5. The molecular weight excluding hydrogens is 220 g/mol. The van der Waals surface area contributed by atoms with Gasteiger partial charge < -0.3 is 20.9 Å². The summed E-state index contributed by atoms with van der Waals surface area (Å²) in [5.41, 5.74) is 6.49. The number of methoxy groups -OCH3 is 1. The zero-order valence-corrected chi connectivity index (χ0v) is 10.3. The molecule has 94 valence electrons. The lowest BCUT2D eigenvalue weighted by Gasteiger charge is -2.23. The highest BCUT2D eigenvalue weighted by molar-refractivity contribution is 5.94. The van der Waals surface area contributed by atoms with E-state index in [9.17, 15) is 4.79 Å². The minimum absolute atomic E-state index is 0.113. The van der Waals surface area contributed by atoms with Crippen LogP contribution < -0.4 is 11.1 Å². The van der Waals surface area contributed by atoms with Crippen molar-refractivity contribution in [2.45, 2.75) is 19.4 Å². The lowest BCUT2D eigenvalue weighted by Crippen LogP contribution is -2.32. The summed E-state index contributed by atoms with van der Waals surface area (Å²) < 4.78 is 5.26. The van der Waals surface area contributed by atoms with Crippen LogP contribution in [0.2, 0.25) is 0 Å². The molecule has 0 radical (unpaired) electrons. The molecule has 0 heterocycles. The van der Waals surface area contributed by atoms with Gasteiger partial charge in [0.2, 0.25) is 0 Å². The standard InChI is InChI=1S/C12H18N2O3/c1-12(2,17-3)7-14-8-4-5-9(11(15)16)10(13)6-8/h4-6,14H,7,13H2,1-3H3,(H,15,16). The first-order chi connectivity index (χ1) is 7.85. The quantitative estimate of drug-likeness (QED) is 0.681. The van der Waals surface area contributed by atoms with Gasteiger partial charge in [0.05, 0.1) is 11.2 Å². The van der Waals surface area contributed by atoms with E-state index in [1.54, 1.807) is 19.2 Å². The fraction of sp³-hybridized carbons (Fsp3) is 0.417. The molecule has 0 aliphatic rings. The maximum absolute atomic E-state index is 10.8. The smallest absolute Gasteiger partial charge is 0.337 e. The number of rotatable bonds is 5. The monoisotopic (exact) mass is 238 g/mol. The minimum Gasteiger partial charge on any atom is -0.478 e. The molecule has 0 aromatic heterocycles. The maximum Gasteiger partial charge on any atom is 0.337 e. The van der Waals surface area contributed by atoms with Crippen molar-refractivity contribution < 1.29 is 14.6 Å². The molecule has 0 fully saturated rings. The Morgan fingerprint density at radius 3 is 2.65 bits per heavy atom. The van der Waals surface area contributed by atoms with Crippen LogP contribution in [-0.4, -0.2) is 30.3 Å². The SMILES string of the molecule is COC(C)(C)CNc1ccc(C(=O)O)c(N)c1. The van der Waals surface area contributed by atoms with Crippen molar-refractivity contribution in [2.75, 3.05) is 24.7 Å². The first kappa shape index (κ1) is 13.3. The van der Waals surface area contributed by atoms with Crippen molar-refractivity contribution in [3.05, 3.63) is 23.8 Å². The van der Waals surface area contributed by atoms with Crippen molar-refractivity contribution in [3.63, 3.8) is 0 Å². The lowest BCUT2D eigenvalue weighted by atomic mass is 10.1. The highest BCUT2D eigenvalue weighted by Crippen LogP contribution is 2.19. The third-order valence-electron chi connectivity index (χ3n) is 2.55. The summed E-state index contributed by atoms with van der Waals surface area (Å²) in [5, 5.41) is 12.0. The predicted octanol–water partition coefficient (Wildman–Crippen LogP) is 1.80. The molecule has 17 heavy (non-hydrogen) atoms. The minimum atomic E-state index is -1.02. The fourth-order valence-electron chi connectivity index (χ4n) is 1.25. The van der Waals surface area contributed by atoms with Crippen molar-refractivity contribution in [2.24, 2.45) is 0 Å². The Kier molecular flexibility index (Phi) is 3.96. The Morgan fingerprint density at radius 1 is 1.53 bits per heavy atom. The molecule has 0 spiro atoms. The number of benzene rings is 1. The molecular formula is C12H18N2O3. The van der Waals surface area contributed by atoms with Crippen LogP contribution in [-0.2, 0) is 4.74 Å². The number of aromatic carboxylic acids is 1. The van der Waals surface area contributed by atoms with E-state index in [0.717, 1.165) is 5.69 Å². The molecule has 1 aromatic rings. The second kappa shape index (κ2) is 5.05. The van der Waals surface area contributed by atoms with E-state index >= 15 is 0 Å². The van der Waals surface area contributed by atoms with Gasteiger partial charge in [0.25, 0.3) is 0 Å². The van der Waals surface area contributed by atoms with Gasteiger partial charge in [-0.3, -0.25) is 0 Å². The summed E-state index contributed by atoms with van der Waals surface area (Å²) in [6, 6.07) is 4.78. The Morgan fingerprint density at radius 2 is 2.18 bits per heavy atom. The van der Waals surface area contributed by atoms with Crippen LogP contribution >= 0.6 is 0 Å². The summed E-state index contributed by atoms with van der Waals surface area (Å²) in [5.74, 6) is -1.02. The van der Waals surface area contributed by atoms with Gasteiger partial charge >= 0.3 is 5.97 Å². The summed E-state index contributed by atoms with van der Waals surface area (Å²) in [6.07, 6.45) is 0. The van der Waals surface area contributed by atoms with E-state index in [1.165, 1.54) is 6.07 Å². The highest BCUT2D eigenvalue weighted by Gasteiger charge is 2.16. The number of ether oxygens (including phenoxy) is 1. The van der Waals surface area contributed by atoms with E-state index < -0.39 is 5.97 Å². The lowest BCUT2D eigenvalue weighted by molar-refractivity contribution is 0.0343. The van der Waals surface area contributed by atoms with Crippen molar-refractivity contribution in [1.82, 2.24) is 0 Å². The number of carbonyl (C=O) groups is 1. The molecule has 5 heteroatoms. The van der Waals surface area contributed by atoms with Gasteiger partial charge in [0, 0.05) is 25.0 Å². The van der Waals surface area contributed by atoms with Crippen molar-refractivity contribution in [1.29, 1.82) is 0 Å². The van der Waals surface area contributed by atoms with Crippen molar-refractivity contribution in [3.8, 4) is 0 Å². The molecule has 1 rings (SSSR count). The fourth-order valence-corrected chi connectivity index (χ4v) is 1.25. The molecule has 0 unspecified atom stereocenters. The second-order valence-corrected chi connectivity index (χ2v) is 4.42. The van der Waals surface area contributed by atoms with E-state index in [2.05, 4.69) is 5.32 Å². The molecule has 0 atom stereocenters. The van der Waals surface area contributed by atoms with Gasteiger partial charge in [-0.2, -0.15) is 0 Å². The van der Waals surface area contributed by atoms with E-state index in [1.807, 2.05) is 13.8 Å². The Hall–Kier alpha value is -1.75. The zero-order chi connectivity index (χ0) is 13.1. The molecule has 5 nitrogen and oxygen atoms in total. The number of hydrogen-bond donors (Lipinski definition) is 3. The first-order valence-electron chi connectivity index (χ1n) is 5.27. The number of carboxylic acids is 1. The maximum atomic E-state index is 10.8. The zero-order valence-electron chi connectivity index (χ0n) is 10.3. The molecule has 0 amide bonds. The Labute approximate surface area is 101 Å². The average Bonchev–Trinajstić information content (AvgIpc) is 2.26. The molecule has 0 aliphatic carbocycles. The third kappa shape index (κ3) is 3.64. The van der Waals surface area contributed by atoms with Crippen LogP contribution in [0.25, 0.3) is 0 Å². The van der Waals surface area contributed by atoms with E-state index in [0.29, 0.717) is 6.54 Å². The van der Waals surface area contributed by atoms with Gasteiger partial charge in [0.15, 0.2) is 0 Å². The van der Waals surface area contributed by atoms with Crippen LogP contribution in [0.3, 0.4) is 0 Å². The Bertz CT molecular complexity index is 416.